The topological polar surface area (TPSA) is 15.3 Å². The summed E-state index contributed by atoms with van der Waals surface area (Å²) in [6.07, 6.45) is 0. The Morgan fingerprint density at radius 1 is 1.56 bits per heavy atom. The number of hydrogen-bond acceptors (Lipinski definition) is 2. The number of rotatable bonds is 2. The van der Waals surface area contributed by atoms with Crippen molar-refractivity contribution in [2.75, 3.05) is 19.6 Å². The first kappa shape index (κ1) is 11.8. The molecule has 2 rings (SSSR count). The Morgan fingerprint density at radius 3 is 3.06 bits per heavy atom. The van der Waals surface area contributed by atoms with Crippen LogP contribution < -0.4 is 5.32 Å². The first-order chi connectivity index (χ1) is 7.66. The normalized spacial score (nSPS) is 22.3. The number of nitrogens with one attached hydrogen (secondary N) is 1. The number of halogens is 2. The van der Waals surface area contributed by atoms with E-state index >= 15 is 0 Å². The van der Waals surface area contributed by atoms with Crippen molar-refractivity contribution in [3.8, 4) is 0 Å². The molecule has 1 unspecified atom stereocenters. The van der Waals surface area contributed by atoms with E-state index in [4.69, 9.17) is 11.6 Å². The highest BCUT2D eigenvalue weighted by Gasteiger charge is 2.17. The number of hydrogen-bond donors (Lipinski definition) is 1. The minimum atomic E-state index is -0.332. The van der Waals surface area contributed by atoms with Gasteiger partial charge in [-0.25, -0.2) is 4.39 Å². The number of nitrogens with zero attached hydrogens (tertiary/aromatic N) is 1. The molecule has 1 heterocycles. The maximum atomic E-state index is 13.3. The van der Waals surface area contributed by atoms with Crippen molar-refractivity contribution in [3.05, 3.63) is 34.6 Å². The Kier molecular flexibility index (Phi) is 3.79. The Balaban J connectivity index is 2.05. The zero-order chi connectivity index (χ0) is 11.5. The third kappa shape index (κ3) is 2.73. The molecule has 1 aliphatic heterocycles. The van der Waals surface area contributed by atoms with E-state index in [0.717, 1.165) is 31.7 Å². The zero-order valence-corrected chi connectivity index (χ0v) is 10.1. The van der Waals surface area contributed by atoms with Crippen LogP contribution in [0.1, 0.15) is 12.5 Å². The molecule has 0 radical (unpaired) electrons. The predicted molar refractivity (Wildman–Crippen MR) is 64.2 cm³/mol. The fourth-order valence-electron chi connectivity index (χ4n) is 1.99. The second-order valence-electron chi connectivity index (χ2n) is 4.27. The van der Waals surface area contributed by atoms with Gasteiger partial charge >= 0.3 is 0 Å². The Hall–Kier alpha value is -0.640. The minimum absolute atomic E-state index is 0.192. The van der Waals surface area contributed by atoms with Crippen LogP contribution in [0.3, 0.4) is 0 Å². The van der Waals surface area contributed by atoms with Crippen LogP contribution in [0.25, 0.3) is 0 Å². The van der Waals surface area contributed by atoms with E-state index < -0.39 is 0 Å². The minimum Gasteiger partial charge on any atom is -0.314 e. The third-order valence-electron chi connectivity index (χ3n) is 3.01. The van der Waals surface area contributed by atoms with Crippen LogP contribution in [-0.2, 0) is 6.54 Å². The van der Waals surface area contributed by atoms with Crippen molar-refractivity contribution in [2.45, 2.75) is 19.5 Å². The molecule has 1 N–H and O–H groups in total. The lowest BCUT2D eigenvalue weighted by molar-refractivity contribution is 0.165. The molecule has 1 aromatic rings. The van der Waals surface area contributed by atoms with Crippen LogP contribution in [0.2, 0.25) is 5.02 Å². The van der Waals surface area contributed by atoms with Gasteiger partial charge in [-0.3, -0.25) is 4.90 Å². The molecule has 0 spiro atoms. The molecule has 1 fully saturated rings. The van der Waals surface area contributed by atoms with Gasteiger partial charge in [-0.2, -0.15) is 0 Å². The molecule has 0 aromatic heterocycles. The summed E-state index contributed by atoms with van der Waals surface area (Å²) in [5, 5.41) is 3.53. The van der Waals surface area contributed by atoms with Gasteiger partial charge in [0.1, 0.15) is 5.82 Å². The first-order valence-electron chi connectivity index (χ1n) is 5.55. The van der Waals surface area contributed by atoms with E-state index in [1.165, 1.54) is 6.07 Å². The maximum absolute atomic E-state index is 13.3. The smallest absolute Gasteiger partial charge is 0.142 e. The van der Waals surface area contributed by atoms with Gasteiger partial charge < -0.3 is 5.32 Å². The molecule has 1 atom stereocenters. The summed E-state index contributed by atoms with van der Waals surface area (Å²) in [7, 11) is 0. The maximum Gasteiger partial charge on any atom is 0.142 e. The van der Waals surface area contributed by atoms with Crippen molar-refractivity contribution >= 4 is 11.6 Å². The van der Waals surface area contributed by atoms with Crippen molar-refractivity contribution in [3.63, 3.8) is 0 Å². The number of benzene rings is 1. The highest BCUT2D eigenvalue weighted by Crippen LogP contribution is 2.17. The van der Waals surface area contributed by atoms with Crippen molar-refractivity contribution in [1.29, 1.82) is 0 Å². The van der Waals surface area contributed by atoms with Gasteiger partial charge in [0.15, 0.2) is 0 Å². The van der Waals surface area contributed by atoms with Crippen LogP contribution in [0.4, 0.5) is 4.39 Å². The van der Waals surface area contributed by atoms with Gasteiger partial charge in [-0.1, -0.05) is 17.7 Å². The Morgan fingerprint density at radius 2 is 2.38 bits per heavy atom. The summed E-state index contributed by atoms with van der Waals surface area (Å²) in [5.41, 5.74) is 0.982. The molecule has 1 aromatic carbocycles. The van der Waals surface area contributed by atoms with E-state index in [9.17, 15) is 4.39 Å². The predicted octanol–water partition coefficient (Wildman–Crippen LogP) is 2.27. The van der Waals surface area contributed by atoms with Crippen molar-refractivity contribution < 1.29 is 4.39 Å². The Labute approximate surface area is 100 Å². The van der Waals surface area contributed by atoms with Crippen molar-refractivity contribution in [1.82, 2.24) is 10.2 Å². The monoisotopic (exact) mass is 242 g/mol. The molecule has 0 saturated carbocycles. The van der Waals surface area contributed by atoms with Gasteiger partial charge in [0, 0.05) is 32.2 Å². The largest absolute Gasteiger partial charge is 0.314 e. The third-order valence-corrected chi connectivity index (χ3v) is 3.32. The molecule has 0 bridgehead atoms. The molecule has 16 heavy (non-hydrogen) atoms. The molecular weight excluding hydrogens is 227 g/mol. The highest BCUT2D eigenvalue weighted by atomic mass is 35.5. The van der Waals surface area contributed by atoms with Crippen LogP contribution in [0, 0.1) is 5.82 Å². The van der Waals surface area contributed by atoms with Gasteiger partial charge in [-0.15, -0.1) is 0 Å². The van der Waals surface area contributed by atoms with Gasteiger partial charge in [-0.05, 0) is 24.6 Å². The Bertz CT molecular complexity index is 370. The standard InChI is InChI=1S/C12H16ClFN2/c1-9-7-15-4-5-16(9)8-10-2-3-11(13)12(14)6-10/h2-3,6,9,15H,4-5,7-8H2,1H3. The van der Waals surface area contributed by atoms with Crippen LogP contribution in [0.5, 0.6) is 0 Å². The molecule has 0 amide bonds. The molecule has 88 valence electrons. The highest BCUT2D eigenvalue weighted by molar-refractivity contribution is 6.30. The summed E-state index contributed by atoms with van der Waals surface area (Å²) in [6.45, 7) is 5.97. The fraction of sp³-hybridized carbons (Fsp3) is 0.500. The van der Waals surface area contributed by atoms with Crippen molar-refractivity contribution in [2.24, 2.45) is 0 Å². The average molecular weight is 243 g/mol. The van der Waals surface area contributed by atoms with E-state index in [1.807, 2.05) is 6.07 Å². The lowest BCUT2D eigenvalue weighted by atomic mass is 10.1. The van der Waals surface area contributed by atoms with Gasteiger partial charge in [0.2, 0.25) is 0 Å². The summed E-state index contributed by atoms with van der Waals surface area (Å²) in [6, 6.07) is 5.53. The summed E-state index contributed by atoms with van der Waals surface area (Å²) in [4.78, 5) is 2.35. The molecule has 0 aliphatic carbocycles. The first-order valence-corrected chi connectivity index (χ1v) is 5.93. The lowest BCUT2D eigenvalue weighted by Gasteiger charge is -2.33. The van der Waals surface area contributed by atoms with Gasteiger partial charge in [0.05, 0.1) is 5.02 Å². The summed E-state index contributed by atoms with van der Waals surface area (Å²) in [5.74, 6) is -0.332. The van der Waals surface area contributed by atoms with E-state index in [2.05, 4.69) is 17.1 Å². The second-order valence-corrected chi connectivity index (χ2v) is 4.68. The SMILES string of the molecule is CC1CNCCN1Cc1ccc(Cl)c(F)c1. The summed E-state index contributed by atoms with van der Waals surface area (Å²) < 4.78 is 13.3. The molecule has 2 nitrogen and oxygen atoms in total. The average Bonchev–Trinajstić information content (AvgIpc) is 2.27. The quantitative estimate of drug-likeness (QED) is 0.856. The molecule has 1 saturated heterocycles. The lowest BCUT2D eigenvalue weighted by Crippen LogP contribution is -2.49. The number of piperazine rings is 1. The van der Waals surface area contributed by atoms with Gasteiger partial charge in [0.25, 0.3) is 0 Å². The van der Waals surface area contributed by atoms with Crippen LogP contribution >= 0.6 is 11.6 Å². The fourth-order valence-corrected chi connectivity index (χ4v) is 2.11. The second kappa shape index (κ2) is 5.13. The van der Waals surface area contributed by atoms with E-state index in [0.29, 0.717) is 6.04 Å². The van der Waals surface area contributed by atoms with E-state index in [-0.39, 0.29) is 10.8 Å². The molecular formula is C12H16ClFN2. The molecule has 1 aliphatic rings. The molecule has 4 heteroatoms. The van der Waals surface area contributed by atoms with E-state index in [1.54, 1.807) is 6.07 Å². The zero-order valence-electron chi connectivity index (χ0n) is 9.34. The van der Waals surface area contributed by atoms with Crippen LogP contribution in [0.15, 0.2) is 18.2 Å². The van der Waals surface area contributed by atoms with Crippen LogP contribution in [-0.4, -0.2) is 30.6 Å². The summed E-state index contributed by atoms with van der Waals surface area (Å²) >= 11 is 5.65.